The van der Waals surface area contributed by atoms with Crippen LogP contribution >= 0.6 is 11.6 Å². The largest absolute Gasteiger partial charge is 0.484 e. The van der Waals surface area contributed by atoms with E-state index in [1.165, 1.54) is 5.56 Å². The Hall–Kier alpha value is -2.53. The molecule has 29 heavy (non-hydrogen) atoms. The van der Waals surface area contributed by atoms with E-state index >= 15 is 0 Å². The summed E-state index contributed by atoms with van der Waals surface area (Å²) in [5.74, 6) is 2.09. The number of carbonyl (C=O) groups excluding carboxylic acids is 1. The molecule has 0 spiro atoms. The van der Waals surface area contributed by atoms with Crippen molar-refractivity contribution >= 4 is 28.5 Å². The van der Waals surface area contributed by atoms with Gasteiger partial charge in [0.15, 0.2) is 6.61 Å². The molecule has 2 aromatic carbocycles. The van der Waals surface area contributed by atoms with Crippen molar-refractivity contribution in [1.29, 1.82) is 0 Å². The Morgan fingerprint density at radius 1 is 1.17 bits per heavy atom. The third-order valence-electron chi connectivity index (χ3n) is 5.66. The maximum absolute atomic E-state index is 12.6. The molecule has 3 aromatic rings. The molecule has 1 N–H and O–H groups in total. The number of hydrogen-bond donors (Lipinski definition) is 1. The van der Waals surface area contributed by atoms with E-state index in [2.05, 4.69) is 30.1 Å². The van der Waals surface area contributed by atoms with E-state index in [9.17, 15) is 4.79 Å². The van der Waals surface area contributed by atoms with E-state index in [4.69, 9.17) is 21.3 Å². The summed E-state index contributed by atoms with van der Waals surface area (Å²) < 4.78 is 5.73. The van der Waals surface area contributed by atoms with Crippen molar-refractivity contribution in [3.8, 4) is 5.75 Å². The average molecular weight is 412 g/mol. The predicted octanol–water partition coefficient (Wildman–Crippen LogP) is 4.93. The van der Waals surface area contributed by atoms with Crippen molar-refractivity contribution in [1.82, 2.24) is 14.9 Å². The number of hydrogen-bond acceptors (Lipinski definition) is 3. The number of nitrogens with zero attached hydrogens (tertiary/aromatic N) is 2. The molecule has 1 aromatic heterocycles. The van der Waals surface area contributed by atoms with Crippen molar-refractivity contribution in [2.75, 3.05) is 19.7 Å². The van der Waals surface area contributed by atoms with Crippen LogP contribution in [-0.4, -0.2) is 40.5 Å². The first kappa shape index (κ1) is 19.8. The number of aromatic amines is 1. The molecule has 4 rings (SSSR count). The molecule has 0 bridgehead atoms. The summed E-state index contributed by atoms with van der Waals surface area (Å²) in [5, 5.41) is 0.742. The van der Waals surface area contributed by atoms with Crippen LogP contribution in [0.2, 0.25) is 5.02 Å². The number of aryl methyl sites for hydroxylation is 3. The number of fused-ring (bicyclic) bond motifs is 1. The number of carbonyl (C=O) groups is 1. The zero-order chi connectivity index (χ0) is 20.5. The van der Waals surface area contributed by atoms with Crippen molar-refractivity contribution < 1.29 is 9.53 Å². The number of piperidine rings is 1. The first-order chi connectivity index (χ1) is 13.9. The minimum atomic E-state index is 0.0222. The normalized spacial score (nSPS) is 15.1. The second kappa shape index (κ2) is 8.07. The van der Waals surface area contributed by atoms with Crippen LogP contribution in [-0.2, 0) is 4.79 Å². The van der Waals surface area contributed by atoms with Crippen LogP contribution in [0.5, 0.6) is 5.75 Å². The standard InChI is InChI=1S/C23H26ClN3O2/c1-14-4-5-19-20(10-14)26-23(25-19)17-6-8-27(9-7-17)21(28)13-29-18-11-15(2)22(24)16(3)12-18/h4-5,10-12,17H,6-9,13H2,1-3H3,(H,25,26). The third kappa shape index (κ3) is 4.25. The van der Waals surface area contributed by atoms with Crippen LogP contribution in [0.15, 0.2) is 30.3 Å². The Bertz CT molecular complexity index is 1030. The van der Waals surface area contributed by atoms with Gasteiger partial charge in [0.05, 0.1) is 11.0 Å². The zero-order valence-corrected chi connectivity index (χ0v) is 17.8. The lowest BCUT2D eigenvalue weighted by molar-refractivity contribution is -0.134. The summed E-state index contributed by atoms with van der Waals surface area (Å²) in [4.78, 5) is 22.7. The molecule has 1 saturated heterocycles. The second-order valence-electron chi connectivity index (χ2n) is 7.96. The molecule has 0 aliphatic carbocycles. The topological polar surface area (TPSA) is 58.2 Å². The smallest absolute Gasteiger partial charge is 0.260 e. The van der Waals surface area contributed by atoms with Gasteiger partial charge >= 0.3 is 0 Å². The van der Waals surface area contributed by atoms with Gasteiger partial charge in [0.2, 0.25) is 0 Å². The van der Waals surface area contributed by atoms with Gasteiger partial charge in [0.25, 0.3) is 5.91 Å². The highest BCUT2D eigenvalue weighted by Crippen LogP contribution is 2.29. The molecule has 0 unspecified atom stereocenters. The van der Waals surface area contributed by atoms with E-state index in [1.54, 1.807) is 0 Å². The lowest BCUT2D eigenvalue weighted by Crippen LogP contribution is -2.40. The molecule has 0 saturated carbocycles. The van der Waals surface area contributed by atoms with Gasteiger partial charge < -0.3 is 14.6 Å². The second-order valence-corrected chi connectivity index (χ2v) is 8.34. The van der Waals surface area contributed by atoms with Crippen molar-refractivity contribution in [3.63, 3.8) is 0 Å². The minimum Gasteiger partial charge on any atom is -0.484 e. The molecule has 6 heteroatoms. The van der Waals surface area contributed by atoms with Crippen LogP contribution < -0.4 is 4.74 Å². The van der Waals surface area contributed by atoms with Gasteiger partial charge in [-0.3, -0.25) is 4.79 Å². The SMILES string of the molecule is Cc1ccc2nc(C3CCN(C(=O)COc4cc(C)c(Cl)c(C)c4)CC3)[nH]c2c1. The molecular weight excluding hydrogens is 386 g/mol. The fourth-order valence-corrected chi connectivity index (χ4v) is 4.07. The van der Waals surface area contributed by atoms with Gasteiger partial charge in [0, 0.05) is 24.0 Å². The van der Waals surface area contributed by atoms with E-state index in [0.29, 0.717) is 11.7 Å². The number of amides is 1. The summed E-state index contributed by atoms with van der Waals surface area (Å²) in [6.07, 6.45) is 1.81. The molecule has 5 nitrogen and oxygen atoms in total. The molecule has 1 aliphatic rings. The first-order valence-corrected chi connectivity index (χ1v) is 10.4. The molecule has 1 amide bonds. The molecule has 152 valence electrons. The number of aromatic nitrogens is 2. The number of ether oxygens (including phenoxy) is 1. The average Bonchev–Trinajstić information content (AvgIpc) is 3.13. The molecule has 1 aliphatic heterocycles. The Morgan fingerprint density at radius 3 is 2.55 bits per heavy atom. The molecule has 0 radical (unpaired) electrons. The number of imidazole rings is 1. The highest BCUT2D eigenvalue weighted by Gasteiger charge is 2.26. The number of halogens is 1. The monoisotopic (exact) mass is 411 g/mol. The lowest BCUT2D eigenvalue weighted by Gasteiger charge is -2.31. The fraction of sp³-hybridized carbons (Fsp3) is 0.391. The van der Waals surface area contributed by atoms with Crippen molar-refractivity contribution in [3.05, 3.63) is 57.9 Å². The third-order valence-corrected chi connectivity index (χ3v) is 6.26. The number of nitrogens with one attached hydrogen (secondary N) is 1. The highest BCUT2D eigenvalue weighted by molar-refractivity contribution is 6.32. The van der Waals surface area contributed by atoms with Crippen LogP contribution in [0.25, 0.3) is 11.0 Å². The van der Waals surface area contributed by atoms with Crippen LogP contribution in [0.1, 0.15) is 41.3 Å². The number of H-pyrrole nitrogens is 1. The minimum absolute atomic E-state index is 0.0222. The van der Waals surface area contributed by atoms with Crippen LogP contribution in [0.4, 0.5) is 0 Å². The Morgan fingerprint density at radius 2 is 1.86 bits per heavy atom. The number of rotatable bonds is 4. The van der Waals surface area contributed by atoms with Gasteiger partial charge in [-0.05, 0) is 74.6 Å². The Kier molecular flexibility index (Phi) is 5.50. The summed E-state index contributed by atoms with van der Waals surface area (Å²) >= 11 is 6.19. The Balaban J connectivity index is 1.33. The van der Waals surface area contributed by atoms with Gasteiger partial charge in [-0.1, -0.05) is 17.7 Å². The summed E-state index contributed by atoms with van der Waals surface area (Å²) in [5.41, 5.74) is 5.22. The van der Waals surface area contributed by atoms with E-state index < -0.39 is 0 Å². The van der Waals surface area contributed by atoms with Gasteiger partial charge in [-0.2, -0.15) is 0 Å². The summed E-state index contributed by atoms with van der Waals surface area (Å²) in [7, 11) is 0. The molecule has 1 fully saturated rings. The predicted molar refractivity (Wildman–Crippen MR) is 116 cm³/mol. The summed E-state index contributed by atoms with van der Waals surface area (Å²) in [6, 6.07) is 10.0. The van der Waals surface area contributed by atoms with E-state index in [-0.39, 0.29) is 12.5 Å². The van der Waals surface area contributed by atoms with Crippen molar-refractivity contribution in [2.24, 2.45) is 0 Å². The van der Waals surface area contributed by atoms with Crippen LogP contribution in [0.3, 0.4) is 0 Å². The van der Waals surface area contributed by atoms with Crippen LogP contribution in [0, 0.1) is 20.8 Å². The van der Waals surface area contributed by atoms with Crippen molar-refractivity contribution in [2.45, 2.75) is 39.5 Å². The maximum atomic E-state index is 12.6. The molecule has 0 atom stereocenters. The zero-order valence-electron chi connectivity index (χ0n) is 17.1. The quantitative estimate of drug-likeness (QED) is 0.662. The molecular formula is C23H26ClN3O2. The Labute approximate surface area is 176 Å². The first-order valence-electron chi connectivity index (χ1n) is 10.0. The molecule has 2 heterocycles. The highest BCUT2D eigenvalue weighted by atomic mass is 35.5. The van der Waals surface area contributed by atoms with Gasteiger partial charge in [-0.25, -0.2) is 4.98 Å². The van der Waals surface area contributed by atoms with Gasteiger partial charge in [-0.15, -0.1) is 0 Å². The number of likely N-dealkylation sites (tertiary alicyclic amines) is 1. The number of benzene rings is 2. The lowest BCUT2D eigenvalue weighted by atomic mass is 9.96. The van der Waals surface area contributed by atoms with E-state index in [1.807, 2.05) is 30.9 Å². The maximum Gasteiger partial charge on any atom is 0.260 e. The van der Waals surface area contributed by atoms with Gasteiger partial charge in [0.1, 0.15) is 11.6 Å². The van der Waals surface area contributed by atoms with E-state index in [0.717, 1.165) is 58.9 Å². The fourth-order valence-electron chi connectivity index (χ4n) is 3.96. The summed E-state index contributed by atoms with van der Waals surface area (Å²) in [6.45, 7) is 7.46.